The predicted octanol–water partition coefficient (Wildman–Crippen LogP) is 4.50. The van der Waals surface area contributed by atoms with Gasteiger partial charge in [0.2, 0.25) is 11.8 Å². The van der Waals surface area contributed by atoms with Crippen LogP contribution in [0.5, 0.6) is 11.5 Å². The smallest absolute Gasteiger partial charge is 0.247 e. The number of hydrogen-bond donors (Lipinski definition) is 2. The van der Waals surface area contributed by atoms with E-state index in [2.05, 4.69) is 15.6 Å². The lowest BCUT2D eigenvalue weighted by atomic mass is 9.94. The first-order valence-electron chi connectivity index (χ1n) is 13.4. The number of phenols is 1. The Bertz CT molecular complexity index is 1480. The summed E-state index contributed by atoms with van der Waals surface area (Å²) in [5, 5.41) is 22.0. The molecule has 0 spiro atoms. The number of fused-ring (bicyclic) bond motifs is 1. The zero-order chi connectivity index (χ0) is 28.1. The highest BCUT2D eigenvalue weighted by Gasteiger charge is 2.34. The largest absolute Gasteiger partial charge is 0.504 e. The molecule has 1 fully saturated rings. The van der Waals surface area contributed by atoms with Crippen molar-refractivity contribution in [1.82, 2.24) is 25.2 Å². The Morgan fingerprint density at radius 3 is 2.58 bits per heavy atom. The second-order valence-corrected chi connectivity index (χ2v) is 10.1. The standard InChI is InChI=1S/C30H32FN5O4/c1-40-27-16-13-21(17-26(27)37)29(30(39)32-23-7-3-2-4-8-23)35(18-20-11-14-22(31)15-12-20)28(38)19-36-25-10-6-5-9-24(25)33-34-36/h5-6,9-17,23,29,37H,2-4,7-8,18-19H2,1H3,(H,32,39)/t29-/m1/s1. The van der Waals surface area contributed by atoms with E-state index in [4.69, 9.17) is 4.74 Å². The lowest BCUT2D eigenvalue weighted by Crippen LogP contribution is -2.47. The summed E-state index contributed by atoms with van der Waals surface area (Å²) in [5.74, 6) is -1.04. The molecule has 0 aliphatic heterocycles. The number of rotatable bonds is 9. The number of benzene rings is 3. The van der Waals surface area contributed by atoms with Gasteiger partial charge in [-0.05, 0) is 60.4 Å². The van der Waals surface area contributed by atoms with E-state index in [-0.39, 0.29) is 42.4 Å². The highest BCUT2D eigenvalue weighted by molar-refractivity contribution is 5.89. The van der Waals surface area contributed by atoms with Gasteiger partial charge in [-0.15, -0.1) is 5.10 Å². The van der Waals surface area contributed by atoms with Crippen LogP contribution in [0.15, 0.2) is 66.7 Å². The fourth-order valence-electron chi connectivity index (χ4n) is 5.24. The van der Waals surface area contributed by atoms with Crippen LogP contribution in [0.25, 0.3) is 11.0 Å². The number of hydrogen-bond acceptors (Lipinski definition) is 6. The van der Waals surface area contributed by atoms with Crippen LogP contribution in [0, 0.1) is 5.82 Å². The molecule has 1 atom stereocenters. The summed E-state index contributed by atoms with van der Waals surface area (Å²) >= 11 is 0. The van der Waals surface area contributed by atoms with E-state index in [1.165, 1.54) is 34.9 Å². The van der Waals surface area contributed by atoms with Crippen LogP contribution >= 0.6 is 0 Å². The number of aromatic hydroxyl groups is 1. The number of nitrogens with zero attached hydrogens (tertiary/aromatic N) is 4. The zero-order valence-electron chi connectivity index (χ0n) is 22.3. The molecule has 0 saturated heterocycles. The summed E-state index contributed by atoms with van der Waals surface area (Å²) in [7, 11) is 1.44. The number of aromatic nitrogens is 3. The fourth-order valence-corrected chi connectivity index (χ4v) is 5.24. The van der Waals surface area contributed by atoms with Crippen LogP contribution in [0.2, 0.25) is 0 Å². The molecule has 2 amide bonds. The van der Waals surface area contributed by atoms with Crippen LogP contribution in [-0.2, 0) is 22.7 Å². The van der Waals surface area contributed by atoms with Gasteiger partial charge in [-0.1, -0.05) is 54.8 Å². The van der Waals surface area contributed by atoms with Crippen LogP contribution in [0.1, 0.15) is 49.3 Å². The molecule has 4 aromatic rings. The van der Waals surface area contributed by atoms with E-state index in [9.17, 15) is 19.1 Å². The van der Waals surface area contributed by atoms with Crippen molar-refractivity contribution in [3.63, 3.8) is 0 Å². The van der Waals surface area contributed by atoms with Gasteiger partial charge in [0.1, 0.15) is 23.9 Å². The minimum atomic E-state index is -1.08. The number of halogens is 1. The highest BCUT2D eigenvalue weighted by Crippen LogP contribution is 2.33. The number of para-hydroxylation sites is 1. The molecule has 40 heavy (non-hydrogen) atoms. The molecular formula is C30H32FN5O4. The summed E-state index contributed by atoms with van der Waals surface area (Å²) in [6, 6.07) is 16.7. The number of carbonyl (C=O) groups excluding carboxylic acids is 2. The average Bonchev–Trinajstić information content (AvgIpc) is 3.37. The minimum absolute atomic E-state index is 0.00220. The van der Waals surface area contributed by atoms with Crippen molar-refractivity contribution in [1.29, 1.82) is 0 Å². The summed E-state index contributed by atoms with van der Waals surface area (Å²) in [6.45, 7) is -0.141. The second-order valence-electron chi connectivity index (χ2n) is 10.1. The highest BCUT2D eigenvalue weighted by atomic mass is 19.1. The van der Waals surface area contributed by atoms with Gasteiger partial charge in [-0.25, -0.2) is 9.07 Å². The number of methoxy groups -OCH3 is 1. The average molecular weight is 546 g/mol. The Labute approximate surface area is 231 Å². The summed E-state index contributed by atoms with van der Waals surface area (Å²) in [4.78, 5) is 29.5. The first-order chi connectivity index (χ1) is 19.4. The van der Waals surface area contributed by atoms with Crippen molar-refractivity contribution in [3.8, 4) is 11.5 Å². The molecule has 3 aromatic carbocycles. The topological polar surface area (TPSA) is 110 Å². The molecule has 0 unspecified atom stereocenters. The van der Waals surface area contributed by atoms with E-state index in [1.807, 2.05) is 18.2 Å². The van der Waals surface area contributed by atoms with Crippen molar-refractivity contribution < 1.29 is 23.8 Å². The molecular weight excluding hydrogens is 513 g/mol. The molecule has 0 bridgehead atoms. The van der Waals surface area contributed by atoms with Gasteiger partial charge in [0.05, 0.1) is 12.6 Å². The van der Waals surface area contributed by atoms with E-state index in [1.54, 1.807) is 30.3 Å². The Balaban J connectivity index is 1.54. The normalized spacial score (nSPS) is 14.6. The zero-order valence-corrected chi connectivity index (χ0v) is 22.3. The van der Waals surface area contributed by atoms with Crippen LogP contribution in [0.3, 0.4) is 0 Å². The maximum atomic E-state index is 14.0. The van der Waals surface area contributed by atoms with E-state index < -0.39 is 11.9 Å². The summed E-state index contributed by atoms with van der Waals surface area (Å²) in [6.07, 6.45) is 4.91. The first-order valence-corrected chi connectivity index (χ1v) is 13.4. The van der Waals surface area contributed by atoms with Gasteiger partial charge in [-0.3, -0.25) is 9.59 Å². The third-order valence-corrected chi connectivity index (χ3v) is 7.32. The van der Waals surface area contributed by atoms with Gasteiger partial charge in [0.25, 0.3) is 0 Å². The number of ether oxygens (including phenoxy) is 1. The molecule has 1 aromatic heterocycles. The lowest BCUT2D eigenvalue weighted by molar-refractivity contribution is -0.142. The molecule has 5 rings (SSSR count). The minimum Gasteiger partial charge on any atom is -0.504 e. The third-order valence-electron chi connectivity index (χ3n) is 7.32. The molecule has 2 N–H and O–H groups in total. The molecule has 0 radical (unpaired) electrons. The summed E-state index contributed by atoms with van der Waals surface area (Å²) in [5.41, 5.74) is 2.40. The van der Waals surface area contributed by atoms with Crippen LogP contribution in [-0.4, -0.2) is 50.0 Å². The van der Waals surface area contributed by atoms with Crippen molar-refractivity contribution in [2.75, 3.05) is 7.11 Å². The number of phenolic OH excluding ortho intramolecular Hbond substituents is 1. The number of carbonyl (C=O) groups is 2. The van der Waals surface area contributed by atoms with Crippen molar-refractivity contribution >= 4 is 22.8 Å². The molecule has 1 aliphatic rings. The Kier molecular flexibility index (Phi) is 8.23. The quantitative estimate of drug-likeness (QED) is 0.321. The van der Waals surface area contributed by atoms with E-state index in [0.29, 0.717) is 22.2 Å². The molecule has 1 heterocycles. The van der Waals surface area contributed by atoms with Crippen molar-refractivity contribution in [3.05, 3.63) is 83.7 Å². The predicted molar refractivity (Wildman–Crippen MR) is 147 cm³/mol. The Morgan fingerprint density at radius 1 is 1.10 bits per heavy atom. The van der Waals surface area contributed by atoms with Gasteiger partial charge in [0, 0.05) is 12.6 Å². The molecule has 10 heteroatoms. The number of amides is 2. The third kappa shape index (κ3) is 6.06. The Hall–Kier alpha value is -4.47. The summed E-state index contributed by atoms with van der Waals surface area (Å²) < 4.78 is 20.4. The first kappa shape index (κ1) is 27.1. The van der Waals surface area contributed by atoms with E-state index in [0.717, 1.165) is 32.1 Å². The van der Waals surface area contributed by atoms with Crippen LogP contribution in [0.4, 0.5) is 4.39 Å². The van der Waals surface area contributed by atoms with Gasteiger partial charge >= 0.3 is 0 Å². The van der Waals surface area contributed by atoms with Crippen LogP contribution < -0.4 is 10.1 Å². The molecule has 1 saturated carbocycles. The molecule has 208 valence electrons. The maximum Gasteiger partial charge on any atom is 0.247 e. The van der Waals surface area contributed by atoms with Gasteiger partial charge in [-0.2, -0.15) is 0 Å². The van der Waals surface area contributed by atoms with Crippen molar-refractivity contribution in [2.24, 2.45) is 0 Å². The van der Waals surface area contributed by atoms with Gasteiger partial charge in [0.15, 0.2) is 11.5 Å². The molecule has 1 aliphatic carbocycles. The van der Waals surface area contributed by atoms with Crippen molar-refractivity contribution in [2.45, 2.75) is 57.3 Å². The fraction of sp³-hybridized carbons (Fsp3) is 0.333. The second kappa shape index (κ2) is 12.1. The Morgan fingerprint density at radius 2 is 1.85 bits per heavy atom. The molecule has 9 nitrogen and oxygen atoms in total. The van der Waals surface area contributed by atoms with E-state index >= 15 is 0 Å². The number of nitrogens with one attached hydrogen (secondary N) is 1. The maximum absolute atomic E-state index is 14.0. The monoisotopic (exact) mass is 545 g/mol. The SMILES string of the molecule is COc1ccc([C@H](C(=O)NC2CCCCC2)N(Cc2ccc(F)cc2)C(=O)Cn2nnc3ccccc32)cc1O. The lowest BCUT2D eigenvalue weighted by Gasteiger charge is -2.33. The van der Waals surface area contributed by atoms with Gasteiger partial charge < -0.3 is 20.1 Å².